The van der Waals surface area contributed by atoms with Crippen molar-refractivity contribution in [3.63, 3.8) is 0 Å². The third-order valence-electron chi connectivity index (χ3n) is 6.38. The minimum absolute atomic E-state index is 0.217. The maximum absolute atomic E-state index is 14.0. The molecule has 31 heavy (non-hydrogen) atoms. The fraction of sp³-hybridized carbons (Fsp3) is 0.500. The van der Waals surface area contributed by atoms with Gasteiger partial charge in [-0.2, -0.15) is 0 Å². The van der Waals surface area contributed by atoms with Crippen LogP contribution in [-0.4, -0.2) is 60.0 Å². The van der Waals surface area contributed by atoms with E-state index in [1.807, 2.05) is 23.1 Å². The standard InChI is InChI=1S/C24H30F2N4O/c25-21-7-8-22(26)20(16-21)18-28-11-3-4-19(17-28)6-9-24(31)30-14-12-29(13-15-30)23-5-1-2-10-27-23/h1-2,5,7-8,10,16,19H,3-4,6,9,11-15,17-18H2. The molecule has 7 heteroatoms. The molecular weight excluding hydrogens is 398 g/mol. The van der Waals surface area contributed by atoms with Crippen molar-refractivity contribution in [2.24, 2.45) is 5.92 Å². The van der Waals surface area contributed by atoms with Crippen molar-refractivity contribution in [3.8, 4) is 0 Å². The van der Waals surface area contributed by atoms with Gasteiger partial charge in [0.2, 0.25) is 5.91 Å². The molecule has 0 radical (unpaired) electrons. The Morgan fingerprint density at radius 1 is 1.06 bits per heavy atom. The number of anilines is 1. The molecule has 3 heterocycles. The number of piperidine rings is 1. The summed E-state index contributed by atoms with van der Waals surface area (Å²) in [6.07, 6.45) is 5.31. The Bertz CT molecular complexity index is 871. The number of carbonyl (C=O) groups is 1. The van der Waals surface area contributed by atoms with Crippen molar-refractivity contribution in [2.75, 3.05) is 44.2 Å². The quantitative estimate of drug-likeness (QED) is 0.704. The van der Waals surface area contributed by atoms with E-state index in [0.29, 0.717) is 24.4 Å². The highest BCUT2D eigenvalue weighted by atomic mass is 19.1. The van der Waals surface area contributed by atoms with Crippen molar-refractivity contribution >= 4 is 11.7 Å². The lowest BCUT2D eigenvalue weighted by Gasteiger charge is -2.36. The van der Waals surface area contributed by atoms with Gasteiger partial charge in [-0.1, -0.05) is 6.07 Å². The topological polar surface area (TPSA) is 39.7 Å². The molecule has 0 aliphatic carbocycles. The van der Waals surface area contributed by atoms with Gasteiger partial charge in [0.05, 0.1) is 0 Å². The van der Waals surface area contributed by atoms with E-state index in [1.54, 1.807) is 6.20 Å². The van der Waals surface area contributed by atoms with Gasteiger partial charge in [0, 0.05) is 57.4 Å². The SMILES string of the molecule is O=C(CCC1CCCN(Cc2cc(F)ccc2F)C1)N1CCN(c2ccccn2)CC1. The van der Waals surface area contributed by atoms with Gasteiger partial charge in [-0.3, -0.25) is 9.69 Å². The molecule has 2 aromatic rings. The minimum Gasteiger partial charge on any atom is -0.353 e. The molecule has 2 fully saturated rings. The Balaban J connectivity index is 1.22. The van der Waals surface area contributed by atoms with E-state index in [-0.39, 0.29) is 11.7 Å². The van der Waals surface area contributed by atoms with Crippen molar-refractivity contribution in [2.45, 2.75) is 32.2 Å². The van der Waals surface area contributed by atoms with E-state index < -0.39 is 5.82 Å². The Morgan fingerprint density at radius 3 is 2.68 bits per heavy atom. The fourth-order valence-corrected chi connectivity index (χ4v) is 4.65. The first-order chi connectivity index (χ1) is 15.1. The van der Waals surface area contributed by atoms with Crippen LogP contribution in [0.3, 0.4) is 0 Å². The third kappa shape index (κ3) is 5.79. The van der Waals surface area contributed by atoms with Gasteiger partial charge in [-0.15, -0.1) is 0 Å². The summed E-state index contributed by atoms with van der Waals surface area (Å²) in [5, 5.41) is 0. The maximum atomic E-state index is 14.0. The fourth-order valence-electron chi connectivity index (χ4n) is 4.65. The van der Waals surface area contributed by atoms with Gasteiger partial charge in [-0.25, -0.2) is 13.8 Å². The first-order valence-electron chi connectivity index (χ1n) is 11.2. The zero-order valence-corrected chi connectivity index (χ0v) is 17.9. The van der Waals surface area contributed by atoms with Gasteiger partial charge in [0.1, 0.15) is 17.5 Å². The maximum Gasteiger partial charge on any atom is 0.222 e. The summed E-state index contributed by atoms with van der Waals surface area (Å²) in [5.74, 6) is 0.840. The summed E-state index contributed by atoms with van der Waals surface area (Å²) in [4.78, 5) is 23.5. The van der Waals surface area contributed by atoms with Crippen molar-refractivity contribution in [1.29, 1.82) is 0 Å². The average Bonchev–Trinajstić information content (AvgIpc) is 2.81. The van der Waals surface area contributed by atoms with Crippen LogP contribution in [0.15, 0.2) is 42.6 Å². The van der Waals surface area contributed by atoms with E-state index in [9.17, 15) is 13.6 Å². The first-order valence-corrected chi connectivity index (χ1v) is 11.2. The van der Waals surface area contributed by atoms with Gasteiger partial charge in [0.25, 0.3) is 0 Å². The van der Waals surface area contributed by atoms with Crippen LogP contribution in [0.1, 0.15) is 31.2 Å². The van der Waals surface area contributed by atoms with Gasteiger partial charge >= 0.3 is 0 Å². The zero-order valence-electron chi connectivity index (χ0n) is 17.9. The number of likely N-dealkylation sites (tertiary alicyclic amines) is 1. The van der Waals surface area contributed by atoms with Crippen LogP contribution in [-0.2, 0) is 11.3 Å². The van der Waals surface area contributed by atoms with E-state index in [1.165, 1.54) is 12.1 Å². The average molecular weight is 429 g/mol. The number of pyridine rings is 1. The predicted octanol–water partition coefficient (Wildman–Crippen LogP) is 3.70. The Labute approximate surface area is 182 Å². The summed E-state index contributed by atoms with van der Waals surface area (Å²) >= 11 is 0. The molecule has 0 N–H and O–H groups in total. The largest absolute Gasteiger partial charge is 0.353 e. The highest BCUT2D eigenvalue weighted by molar-refractivity contribution is 5.76. The zero-order chi connectivity index (χ0) is 21.6. The molecule has 0 saturated carbocycles. The minimum atomic E-state index is -0.404. The Morgan fingerprint density at radius 2 is 1.90 bits per heavy atom. The highest BCUT2D eigenvalue weighted by Crippen LogP contribution is 2.24. The second-order valence-corrected chi connectivity index (χ2v) is 8.57. The monoisotopic (exact) mass is 428 g/mol. The molecule has 1 atom stereocenters. The van der Waals surface area contributed by atoms with Crippen LogP contribution in [0.25, 0.3) is 0 Å². The van der Waals surface area contributed by atoms with Crippen molar-refractivity contribution in [3.05, 3.63) is 59.8 Å². The van der Waals surface area contributed by atoms with Gasteiger partial charge in [-0.05, 0) is 62.1 Å². The molecule has 2 saturated heterocycles. The van der Waals surface area contributed by atoms with E-state index in [0.717, 1.165) is 70.4 Å². The van der Waals surface area contributed by atoms with Crippen LogP contribution >= 0.6 is 0 Å². The van der Waals surface area contributed by atoms with Crippen LogP contribution in [0.2, 0.25) is 0 Å². The smallest absolute Gasteiger partial charge is 0.222 e. The van der Waals surface area contributed by atoms with E-state index in [4.69, 9.17) is 0 Å². The number of carbonyl (C=O) groups excluding carboxylic acids is 1. The molecule has 1 aromatic heterocycles. The molecule has 0 spiro atoms. The number of hydrogen-bond acceptors (Lipinski definition) is 4. The molecular formula is C24H30F2N4O. The van der Waals surface area contributed by atoms with E-state index >= 15 is 0 Å². The van der Waals surface area contributed by atoms with Crippen LogP contribution < -0.4 is 4.90 Å². The lowest BCUT2D eigenvalue weighted by molar-refractivity contribution is -0.131. The summed E-state index contributed by atoms with van der Waals surface area (Å²) < 4.78 is 27.4. The number of hydrogen-bond donors (Lipinski definition) is 0. The van der Waals surface area contributed by atoms with Crippen LogP contribution in [0.5, 0.6) is 0 Å². The number of amides is 1. The number of aromatic nitrogens is 1. The predicted molar refractivity (Wildman–Crippen MR) is 117 cm³/mol. The van der Waals surface area contributed by atoms with E-state index in [2.05, 4.69) is 14.8 Å². The molecule has 2 aliphatic heterocycles. The lowest BCUT2D eigenvalue weighted by atomic mass is 9.92. The van der Waals surface area contributed by atoms with Crippen molar-refractivity contribution < 1.29 is 13.6 Å². The molecule has 0 bridgehead atoms. The Kier molecular flexibility index (Phi) is 7.12. The summed E-state index contributed by atoms with van der Waals surface area (Å²) in [6.45, 7) is 5.20. The number of benzene rings is 1. The molecule has 1 unspecified atom stereocenters. The first kappa shape index (κ1) is 21.7. The number of piperazine rings is 1. The van der Waals surface area contributed by atoms with Crippen LogP contribution in [0, 0.1) is 17.6 Å². The lowest BCUT2D eigenvalue weighted by Crippen LogP contribution is -2.49. The van der Waals surface area contributed by atoms with Crippen molar-refractivity contribution in [1.82, 2.24) is 14.8 Å². The normalized spacial score (nSPS) is 20.1. The molecule has 1 amide bonds. The molecule has 4 rings (SSSR count). The summed E-state index contributed by atoms with van der Waals surface area (Å²) in [6, 6.07) is 9.52. The highest BCUT2D eigenvalue weighted by Gasteiger charge is 2.25. The molecule has 1 aromatic carbocycles. The molecule has 166 valence electrons. The molecule has 5 nitrogen and oxygen atoms in total. The number of nitrogens with zero attached hydrogens (tertiary/aromatic N) is 4. The summed E-state index contributed by atoms with van der Waals surface area (Å²) in [5.41, 5.74) is 0.405. The second kappa shape index (κ2) is 10.2. The third-order valence-corrected chi connectivity index (χ3v) is 6.38. The second-order valence-electron chi connectivity index (χ2n) is 8.57. The van der Waals surface area contributed by atoms with Crippen LogP contribution in [0.4, 0.5) is 14.6 Å². The van der Waals surface area contributed by atoms with Gasteiger partial charge < -0.3 is 9.80 Å². The number of halogens is 2. The number of rotatable bonds is 6. The summed E-state index contributed by atoms with van der Waals surface area (Å²) in [7, 11) is 0. The Hall–Kier alpha value is -2.54. The van der Waals surface area contributed by atoms with Gasteiger partial charge in [0.15, 0.2) is 0 Å². The molecule has 2 aliphatic rings.